The topological polar surface area (TPSA) is 105 Å². The molecular formula is C32H26NO6+. The van der Waals surface area contributed by atoms with Crippen LogP contribution >= 0.6 is 0 Å². The maximum atomic E-state index is 13.7. The number of ether oxygens (including phenoxy) is 1. The predicted molar refractivity (Wildman–Crippen MR) is 147 cm³/mol. The van der Waals surface area contributed by atoms with E-state index in [0.717, 1.165) is 11.1 Å². The molecule has 0 unspecified atom stereocenters. The van der Waals surface area contributed by atoms with Gasteiger partial charge in [-0.3, -0.25) is 4.79 Å². The number of aromatic hydroxyl groups is 1. The predicted octanol–water partition coefficient (Wildman–Crippen LogP) is 5.48. The van der Waals surface area contributed by atoms with Gasteiger partial charge in [0.05, 0.1) is 21.9 Å². The molecule has 2 N–H and O–H groups in total. The third-order valence-corrected chi connectivity index (χ3v) is 6.89. The molecule has 7 heteroatoms. The molecule has 39 heavy (non-hydrogen) atoms. The number of hydrogen-bond acceptors (Lipinski definition) is 5. The summed E-state index contributed by atoms with van der Waals surface area (Å²) in [7, 11) is 1.88. The summed E-state index contributed by atoms with van der Waals surface area (Å²) in [6, 6.07) is 22.2. The first-order valence-electron chi connectivity index (χ1n) is 12.4. The van der Waals surface area contributed by atoms with Crippen LogP contribution in [0.2, 0.25) is 0 Å². The van der Waals surface area contributed by atoms with Crippen LogP contribution in [-0.2, 0) is 13.5 Å². The van der Waals surface area contributed by atoms with Gasteiger partial charge < -0.3 is 14.9 Å². The molecule has 4 aromatic carbocycles. The number of Topliss-reactive ketones (excluding diaryl/α,β-unsaturated/α-hetero) is 1. The van der Waals surface area contributed by atoms with E-state index in [9.17, 15) is 24.6 Å². The molecule has 1 aromatic heterocycles. The Morgan fingerprint density at radius 2 is 1.44 bits per heavy atom. The monoisotopic (exact) mass is 520 g/mol. The molecule has 5 aromatic rings. The lowest BCUT2D eigenvalue weighted by molar-refractivity contribution is -0.617. The fourth-order valence-electron chi connectivity index (χ4n) is 4.95. The van der Waals surface area contributed by atoms with Crippen LogP contribution in [-0.4, -0.2) is 27.9 Å². The smallest absolute Gasteiger partial charge is 0.345 e. The van der Waals surface area contributed by atoms with Crippen molar-refractivity contribution in [3.05, 3.63) is 112 Å². The van der Waals surface area contributed by atoms with Crippen molar-refractivity contribution in [1.82, 2.24) is 0 Å². The molecule has 0 radical (unpaired) electrons. The summed E-state index contributed by atoms with van der Waals surface area (Å²) in [6.07, 6.45) is 0.170. The highest BCUT2D eigenvalue weighted by molar-refractivity contribution is 6.14. The average Bonchev–Trinajstić information content (AvgIpc) is 2.91. The van der Waals surface area contributed by atoms with Crippen molar-refractivity contribution < 1.29 is 33.9 Å². The number of phenols is 1. The molecule has 0 aliphatic heterocycles. The number of aromatic carboxylic acids is 1. The number of benzene rings is 4. The van der Waals surface area contributed by atoms with Crippen LogP contribution in [0.1, 0.15) is 47.8 Å². The zero-order valence-corrected chi connectivity index (χ0v) is 21.7. The largest absolute Gasteiger partial charge is 0.508 e. The van der Waals surface area contributed by atoms with Gasteiger partial charge in [-0.15, -0.1) is 0 Å². The molecule has 5 rings (SSSR count). The normalized spacial score (nSPS) is 11.1. The number of carboxylic acid groups (broad SMARTS) is 1. The van der Waals surface area contributed by atoms with Crippen molar-refractivity contribution in [2.75, 3.05) is 0 Å². The number of aromatic nitrogens is 1. The number of aryl methyl sites for hydroxylation is 3. The highest BCUT2D eigenvalue weighted by Gasteiger charge is 2.26. The molecule has 0 saturated heterocycles. The maximum Gasteiger partial charge on any atom is 0.345 e. The highest BCUT2D eigenvalue weighted by Crippen LogP contribution is 2.30. The molecule has 0 amide bonds. The second kappa shape index (κ2) is 10.0. The van der Waals surface area contributed by atoms with Gasteiger partial charge in [0.1, 0.15) is 18.5 Å². The van der Waals surface area contributed by atoms with E-state index in [1.54, 1.807) is 56.3 Å². The molecule has 0 aliphatic rings. The third-order valence-electron chi connectivity index (χ3n) is 6.89. The number of pyridine rings is 1. The molecule has 1 heterocycles. The molecule has 7 nitrogen and oxygen atoms in total. The lowest BCUT2D eigenvalue weighted by Gasteiger charge is -2.14. The first-order chi connectivity index (χ1) is 18.6. The van der Waals surface area contributed by atoms with Crippen molar-refractivity contribution in [3.8, 4) is 11.5 Å². The van der Waals surface area contributed by atoms with E-state index in [0.29, 0.717) is 44.3 Å². The van der Waals surface area contributed by atoms with Gasteiger partial charge in [-0.25, -0.2) is 9.59 Å². The quantitative estimate of drug-likeness (QED) is 0.101. The maximum absolute atomic E-state index is 13.7. The van der Waals surface area contributed by atoms with Crippen LogP contribution in [0.15, 0.2) is 78.9 Å². The number of fused-ring (bicyclic) bond motifs is 2. The van der Waals surface area contributed by atoms with E-state index in [4.69, 9.17) is 4.74 Å². The lowest BCUT2D eigenvalue weighted by Crippen LogP contribution is -2.32. The number of para-hydroxylation sites is 1. The first-order valence-corrected chi connectivity index (χ1v) is 12.4. The number of rotatable bonds is 6. The minimum absolute atomic E-state index is 0.0929. The van der Waals surface area contributed by atoms with E-state index in [1.165, 1.54) is 12.1 Å². The van der Waals surface area contributed by atoms with Crippen LogP contribution < -0.4 is 9.30 Å². The lowest BCUT2D eigenvalue weighted by atomic mass is 9.97. The van der Waals surface area contributed by atoms with Gasteiger partial charge in [0.15, 0.2) is 5.78 Å². The number of carbonyl (C=O) groups is 3. The molecule has 0 atom stereocenters. The molecule has 0 spiro atoms. The molecule has 0 bridgehead atoms. The van der Waals surface area contributed by atoms with Crippen LogP contribution in [0.4, 0.5) is 0 Å². The summed E-state index contributed by atoms with van der Waals surface area (Å²) in [4.78, 5) is 38.3. The van der Waals surface area contributed by atoms with Crippen LogP contribution in [0.25, 0.3) is 21.8 Å². The summed E-state index contributed by atoms with van der Waals surface area (Å²) in [6.45, 7) is 3.41. The van der Waals surface area contributed by atoms with Gasteiger partial charge in [-0.05, 0) is 66.9 Å². The van der Waals surface area contributed by atoms with Crippen molar-refractivity contribution in [3.63, 3.8) is 0 Å². The van der Waals surface area contributed by atoms with Crippen LogP contribution in [0, 0.1) is 13.8 Å². The van der Waals surface area contributed by atoms with E-state index in [1.807, 2.05) is 35.9 Å². The zero-order chi connectivity index (χ0) is 27.8. The molecular weight excluding hydrogens is 494 g/mol. The fraction of sp³-hybridized carbons (Fsp3) is 0.125. The SMILES string of the molecule is Cc1cc(C(=O)O)cc(C)c1OC(=O)c1c2ccccc2[n+](C)c2cc(C(=O)Cc3ccc(O)cc3)ccc12. The number of carboxylic acids is 1. The second-order valence-electron chi connectivity index (χ2n) is 9.58. The zero-order valence-electron chi connectivity index (χ0n) is 21.7. The summed E-state index contributed by atoms with van der Waals surface area (Å²) in [5.41, 5.74) is 4.31. The summed E-state index contributed by atoms with van der Waals surface area (Å²) in [5.74, 6) is -1.27. The molecule has 0 fully saturated rings. The van der Waals surface area contributed by atoms with Gasteiger partial charge in [0, 0.05) is 24.1 Å². The summed E-state index contributed by atoms with van der Waals surface area (Å²) < 4.78 is 7.83. The van der Waals surface area contributed by atoms with Gasteiger partial charge in [-0.1, -0.05) is 30.3 Å². The summed E-state index contributed by atoms with van der Waals surface area (Å²) in [5, 5.41) is 20.2. The number of nitrogens with zero attached hydrogens (tertiary/aromatic N) is 1. The first kappa shape index (κ1) is 25.6. The number of ketones is 1. The number of esters is 1. The van der Waals surface area contributed by atoms with Gasteiger partial charge in [0.2, 0.25) is 11.0 Å². The highest BCUT2D eigenvalue weighted by atomic mass is 16.5. The summed E-state index contributed by atoms with van der Waals surface area (Å²) >= 11 is 0. The Kier molecular flexibility index (Phi) is 6.58. The Balaban J connectivity index is 1.60. The van der Waals surface area contributed by atoms with Crippen molar-refractivity contribution in [2.24, 2.45) is 7.05 Å². The minimum Gasteiger partial charge on any atom is -0.508 e. The van der Waals surface area contributed by atoms with E-state index in [-0.39, 0.29) is 23.5 Å². The third kappa shape index (κ3) is 4.82. The van der Waals surface area contributed by atoms with Crippen LogP contribution in [0.3, 0.4) is 0 Å². The average molecular weight is 521 g/mol. The Labute approximate surface area is 224 Å². The fourth-order valence-corrected chi connectivity index (χ4v) is 4.95. The standard InChI is InChI=1S/C32H25NO6/c1-18-14-22(31(36)37)15-19(2)30(18)39-32(38)29-24-6-4-5-7-26(24)33(3)27-17-21(10-13-25(27)29)28(35)16-20-8-11-23(34)12-9-20/h4-15,17H,16H2,1-3H3,(H-,34,36,37)/p+1. The van der Waals surface area contributed by atoms with Crippen molar-refractivity contribution >= 4 is 39.5 Å². The molecule has 194 valence electrons. The van der Waals surface area contributed by atoms with Gasteiger partial charge in [-0.2, -0.15) is 4.57 Å². The van der Waals surface area contributed by atoms with E-state index in [2.05, 4.69) is 0 Å². The van der Waals surface area contributed by atoms with Gasteiger partial charge >= 0.3 is 11.9 Å². The molecule has 0 saturated carbocycles. The second-order valence-corrected chi connectivity index (χ2v) is 9.58. The Hall–Kier alpha value is -5.04. The van der Waals surface area contributed by atoms with E-state index >= 15 is 0 Å². The Morgan fingerprint density at radius 3 is 2.10 bits per heavy atom. The van der Waals surface area contributed by atoms with E-state index < -0.39 is 11.9 Å². The minimum atomic E-state index is -1.05. The van der Waals surface area contributed by atoms with Crippen molar-refractivity contribution in [2.45, 2.75) is 20.3 Å². The number of phenolic OH excluding ortho intramolecular Hbond substituents is 1. The van der Waals surface area contributed by atoms with Gasteiger partial charge in [0.25, 0.3) is 0 Å². The molecule has 0 aliphatic carbocycles. The number of carbonyl (C=O) groups excluding carboxylic acids is 2. The Morgan fingerprint density at radius 1 is 0.795 bits per heavy atom. The van der Waals surface area contributed by atoms with Crippen molar-refractivity contribution in [1.29, 1.82) is 0 Å². The van der Waals surface area contributed by atoms with Crippen LogP contribution in [0.5, 0.6) is 11.5 Å². The number of hydrogen-bond donors (Lipinski definition) is 2. The Bertz CT molecular complexity index is 1780.